The van der Waals surface area contributed by atoms with E-state index < -0.39 is 0 Å². The normalized spacial score (nSPS) is 10.3. The predicted molar refractivity (Wildman–Crippen MR) is 61.0 cm³/mol. The number of aryl methyl sites for hydroxylation is 2. The average Bonchev–Trinajstić information content (AvgIpc) is 2.62. The number of hydrogen-bond acceptors (Lipinski definition) is 5. The quantitative estimate of drug-likeness (QED) is 0.884. The molecule has 1 amide bonds. The van der Waals surface area contributed by atoms with Gasteiger partial charge in [0.05, 0.1) is 18.1 Å². The second kappa shape index (κ2) is 4.50. The molecule has 0 atom stereocenters. The lowest BCUT2D eigenvalue weighted by molar-refractivity contribution is 0.102. The lowest BCUT2D eigenvalue weighted by Crippen LogP contribution is -2.14. The molecule has 0 aliphatic carbocycles. The van der Waals surface area contributed by atoms with Gasteiger partial charge in [-0.05, 0) is 13.8 Å². The standard InChI is InChI=1S/C10H9ClN4O2/c1-5-9(6(2)17-15-5)10(16)14-8-4-12-7(11)3-13-8/h3-4H,1-2H3,(H,13,14,16). The minimum atomic E-state index is -0.335. The first-order chi connectivity index (χ1) is 8.08. The third-order valence-electron chi connectivity index (χ3n) is 2.12. The monoisotopic (exact) mass is 252 g/mol. The minimum absolute atomic E-state index is 0.264. The number of carbonyl (C=O) groups excluding carboxylic acids is 1. The molecule has 17 heavy (non-hydrogen) atoms. The molecule has 0 saturated carbocycles. The van der Waals surface area contributed by atoms with E-state index in [0.29, 0.717) is 22.8 Å². The molecule has 2 rings (SSSR count). The summed E-state index contributed by atoms with van der Waals surface area (Å²) in [4.78, 5) is 19.6. The van der Waals surface area contributed by atoms with Gasteiger partial charge in [-0.15, -0.1) is 0 Å². The summed E-state index contributed by atoms with van der Waals surface area (Å²) in [5, 5.41) is 6.55. The molecule has 6 nitrogen and oxygen atoms in total. The van der Waals surface area contributed by atoms with Gasteiger partial charge in [-0.3, -0.25) is 4.79 Å². The number of rotatable bonds is 2. The third kappa shape index (κ3) is 2.42. The van der Waals surface area contributed by atoms with E-state index in [1.165, 1.54) is 12.4 Å². The Morgan fingerprint density at radius 1 is 1.35 bits per heavy atom. The van der Waals surface area contributed by atoms with E-state index in [0.717, 1.165) is 0 Å². The van der Waals surface area contributed by atoms with Crippen molar-refractivity contribution in [3.63, 3.8) is 0 Å². The van der Waals surface area contributed by atoms with Crippen LogP contribution in [0.1, 0.15) is 21.8 Å². The third-order valence-corrected chi connectivity index (χ3v) is 2.32. The molecule has 0 bridgehead atoms. The van der Waals surface area contributed by atoms with Crippen molar-refractivity contribution in [2.24, 2.45) is 0 Å². The van der Waals surface area contributed by atoms with Crippen LogP contribution in [0.2, 0.25) is 5.15 Å². The molecule has 2 aromatic heterocycles. The van der Waals surface area contributed by atoms with E-state index >= 15 is 0 Å². The van der Waals surface area contributed by atoms with Gasteiger partial charge in [-0.25, -0.2) is 9.97 Å². The van der Waals surface area contributed by atoms with Crippen molar-refractivity contribution in [1.29, 1.82) is 0 Å². The summed E-state index contributed by atoms with van der Waals surface area (Å²) in [6.07, 6.45) is 2.73. The maximum absolute atomic E-state index is 11.9. The summed E-state index contributed by atoms with van der Waals surface area (Å²) in [6, 6.07) is 0. The number of nitrogens with one attached hydrogen (secondary N) is 1. The number of nitrogens with zero attached hydrogens (tertiary/aromatic N) is 3. The van der Waals surface area contributed by atoms with Crippen molar-refractivity contribution in [2.75, 3.05) is 5.32 Å². The molecule has 0 unspecified atom stereocenters. The smallest absolute Gasteiger partial charge is 0.262 e. The molecule has 88 valence electrons. The Bertz CT molecular complexity index is 530. The number of carbonyl (C=O) groups is 1. The summed E-state index contributed by atoms with van der Waals surface area (Å²) in [5.74, 6) is 0.444. The van der Waals surface area contributed by atoms with Crippen LogP contribution in [0.15, 0.2) is 16.9 Å². The maximum atomic E-state index is 11.9. The van der Waals surface area contributed by atoms with Gasteiger partial charge in [0.1, 0.15) is 16.5 Å². The molecule has 0 fully saturated rings. The SMILES string of the molecule is Cc1noc(C)c1C(=O)Nc1cnc(Cl)cn1. The highest BCUT2D eigenvalue weighted by molar-refractivity contribution is 6.29. The van der Waals surface area contributed by atoms with Gasteiger partial charge >= 0.3 is 0 Å². The van der Waals surface area contributed by atoms with Gasteiger partial charge in [0, 0.05) is 0 Å². The van der Waals surface area contributed by atoms with Gasteiger partial charge < -0.3 is 9.84 Å². The Labute approximate surface area is 102 Å². The molecular weight excluding hydrogens is 244 g/mol. The Kier molecular flexibility index (Phi) is 3.06. The largest absolute Gasteiger partial charge is 0.361 e. The van der Waals surface area contributed by atoms with E-state index in [1.54, 1.807) is 13.8 Å². The number of anilines is 1. The summed E-state index contributed by atoms with van der Waals surface area (Å²) < 4.78 is 4.91. The van der Waals surface area contributed by atoms with Crippen LogP contribution in [0.3, 0.4) is 0 Å². The first-order valence-electron chi connectivity index (χ1n) is 4.79. The van der Waals surface area contributed by atoms with Gasteiger partial charge in [-0.2, -0.15) is 0 Å². The highest BCUT2D eigenvalue weighted by Crippen LogP contribution is 2.14. The molecule has 2 aromatic rings. The fraction of sp³-hybridized carbons (Fsp3) is 0.200. The molecule has 0 radical (unpaired) electrons. The number of amides is 1. The summed E-state index contributed by atoms with van der Waals surface area (Å²) in [6.45, 7) is 3.36. The Balaban J connectivity index is 2.20. The topological polar surface area (TPSA) is 80.9 Å². The van der Waals surface area contributed by atoms with Crippen LogP contribution in [0.5, 0.6) is 0 Å². The minimum Gasteiger partial charge on any atom is -0.361 e. The average molecular weight is 253 g/mol. The fourth-order valence-corrected chi connectivity index (χ4v) is 1.46. The van der Waals surface area contributed by atoms with Crippen molar-refractivity contribution in [3.05, 3.63) is 34.6 Å². The highest BCUT2D eigenvalue weighted by Gasteiger charge is 2.17. The van der Waals surface area contributed by atoms with Crippen LogP contribution in [0, 0.1) is 13.8 Å². The van der Waals surface area contributed by atoms with E-state index in [1.807, 2.05) is 0 Å². The molecule has 7 heteroatoms. The summed E-state index contributed by atoms with van der Waals surface area (Å²) >= 11 is 5.59. The van der Waals surface area contributed by atoms with Crippen molar-refractivity contribution in [3.8, 4) is 0 Å². The first kappa shape index (κ1) is 11.5. The first-order valence-corrected chi connectivity index (χ1v) is 5.17. The van der Waals surface area contributed by atoms with Gasteiger partial charge in [-0.1, -0.05) is 16.8 Å². The maximum Gasteiger partial charge on any atom is 0.262 e. The number of hydrogen-bond donors (Lipinski definition) is 1. The zero-order chi connectivity index (χ0) is 12.4. The van der Waals surface area contributed by atoms with Gasteiger partial charge in [0.15, 0.2) is 5.82 Å². The molecule has 0 saturated heterocycles. The fourth-order valence-electron chi connectivity index (χ4n) is 1.36. The van der Waals surface area contributed by atoms with Gasteiger partial charge in [0.25, 0.3) is 5.91 Å². The van der Waals surface area contributed by atoms with Gasteiger partial charge in [0.2, 0.25) is 0 Å². The molecule has 2 heterocycles. The number of aromatic nitrogens is 3. The van der Waals surface area contributed by atoms with Crippen molar-refractivity contribution in [2.45, 2.75) is 13.8 Å². The predicted octanol–water partition coefficient (Wildman–Crippen LogP) is 1.99. The van der Waals surface area contributed by atoms with E-state index in [2.05, 4.69) is 20.4 Å². The Morgan fingerprint density at radius 3 is 2.65 bits per heavy atom. The molecule has 0 spiro atoms. The van der Waals surface area contributed by atoms with E-state index in [4.69, 9.17) is 16.1 Å². The summed E-state index contributed by atoms with van der Waals surface area (Å²) in [7, 11) is 0. The van der Waals surface area contributed by atoms with Crippen LogP contribution in [0.25, 0.3) is 0 Å². The van der Waals surface area contributed by atoms with Crippen LogP contribution in [-0.4, -0.2) is 21.0 Å². The van der Waals surface area contributed by atoms with Crippen LogP contribution in [-0.2, 0) is 0 Å². The van der Waals surface area contributed by atoms with Crippen LogP contribution < -0.4 is 5.32 Å². The van der Waals surface area contributed by atoms with Crippen LogP contribution in [0.4, 0.5) is 5.82 Å². The van der Waals surface area contributed by atoms with Crippen molar-refractivity contribution >= 4 is 23.3 Å². The van der Waals surface area contributed by atoms with E-state index in [-0.39, 0.29) is 11.1 Å². The number of halogens is 1. The zero-order valence-electron chi connectivity index (χ0n) is 9.19. The zero-order valence-corrected chi connectivity index (χ0v) is 9.95. The molecule has 0 aliphatic rings. The molecule has 0 aliphatic heterocycles. The van der Waals surface area contributed by atoms with Crippen molar-refractivity contribution in [1.82, 2.24) is 15.1 Å². The Hall–Kier alpha value is -1.95. The molecule has 0 aromatic carbocycles. The Morgan fingerprint density at radius 2 is 2.12 bits per heavy atom. The second-order valence-corrected chi connectivity index (χ2v) is 3.76. The lowest BCUT2D eigenvalue weighted by Gasteiger charge is -2.02. The summed E-state index contributed by atoms with van der Waals surface area (Å²) in [5.41, 5.74) is 0.934. The van der Waals surface area contributed by atoms with Crippen molar-refractivity contribution < 1.29 is 9.32 Å². The van der Waals surface area contributed by atoms with E-state index in [9.17, 15) is 4.79 Å². The molecule has 1 N–H and O–H groups in total. The highest BCUT2D eigenvalue weighted by atomic mass is 35.5. The van der Waals surface area contributed by atoms with Crippen LogP contribution >= 0.6 is 11.6 Å². The lowest BCUT2D eigenvalue weighted by atomic mass is 10.2. The second-order valence-electron chi connectivity index (χ2n) is 3.38. The molecular formula is C10H9ClN4O2.